The van der Waals surface area contributed by atoms with Gasteiger partial charge in [-0.25, -0.2) is 4.98 Å². The van der Waals surface area contributed by atoms with Crippen molar-refractivity contribution in [1.29, 1.82) is 0 Å². The van der Waals surface area contributed by atoms with E-state index in [1.54, 1.807) is 0 Å². The maximum Gasteiger partial charge on any atom is 0.223 e. The van der Waals surface area contributed by atoms with E-state index in [1.807, 2.05) is 18.1 Å². The summed E-state index contributed by atoms with van der Waals surface area (Å²) in [5, 5.41) is 3.61. The van der Waals surface area contributed by atoms with Gasteiger partial charge in [-0.1, -0.05) is 12.2 Å². The Bertz CT molecular complexity index is 763. The molecular formula is C19H23N3OS. The Morgan fingerprint density at radius 3 is 3.04 bits per heavy atom. The fourth-order valence-corrected chi connectivity index (χ4v) is 4.28. The molecule has 1 saturated carbocycles. The Morgan fingerprint density at radius 1 is 1.33 bits per heavy atom. The molecule has 0 radical (unpaired) electrons. The van der Waals surface area contributed by atoms with Crippen molar-refractivity contribution in [2.75, 3.05) is 6.54 Å². The lowest BCUT2D eigenvalue weighted by atomic mass is 10.1. The SMILES string of the molecule is O=C(NCCn1cnc2ccc(SC3C=CCCC3)cc21)C1CC1. The van der Waals surface area contributed by atoms with Gasteiger partial charge in [0.25, 0.3) is 0 Å². The summed E-state index contributed by atoms with van der Waals surface area (Å²) in [6, 6.07) is 6.50. The monoisotopic (exact) mass is 341 g/mol. The molecule has 1 heterocycles. The lowest BCUT2D eigenvalue weighted by molar-refractivity contribution is -0.122. The van der Waals surface area contributed by atoms with Crippen LogP contribution in [0.5, 0.6) is 0 Å². The van der Waals surface area contributed by atoms with Crippen molar-refractivity contribution in [3.8, 4) is 0 Å². The number of allylic oxidation sites excluding steroid dienone is 1. The van der Waals surface area contributed by atoms with Crippen molar-refractivity contribution in [2.24, 2.45) is 5.92 Å². The first-order valence-electron chi connectivity index (χ1n) is 8.85. The van der Waals surface area contributed by atoms with Crippen LogP contribution in [-0.2, 0) is 11.3 Å². The van der Waals surface area contributed by atoms with Gasteiger partial charge in [-0.05, 0) is 50.3 Å². The summed E-state index contributed by atoms with van der Waals surface area (Å²) in [7, 11) is 0. The van der Waals surface area contributed by atoms with Gasteiger partial charge < -0.3 is 9.88 Å². The number of hydrogen-bond donors (Lipinski definition) is 1. The van der Waals surface area contributed by atoms with Gasteiger partial charge in [-0.2, -0.15) is 0 Å². The quantitative estimate of drug-likeness (QED) is 0.814. The van der Waals surface area contributed by atoms with Crippen LogP contribution in [0.2, 0.25) is 0 Å². The second kappa shape index (κ2) is 7.01. The van der Waals surface area contributed by atoms with Crippen LogP contribution in [0.4, 0.5) is 0 Å². The summed E-state index contributed by atoms with van der Waals surface area (Å²) < 4.78 is 2.14. The molecule has 0 aliphatic heterocycles. The maximum atomic E-state index is 11.7. The van der Waals surface area contributed by atoms with Crippen LogP contribution in [0.25, 0.3) is 11.0 Å². The molecule has 24 heavy (non-hydrogen) atoms. The molecule has 1 unspecified atom stereocenters. The Balaban J connectivity index is 1.43. The predicted molar refractivity (Wildman–Crippen MR) is 98.1 cm³/mol. The van der Waals surface area contributed by atoms with Crippen molar-refractivity contribution in [3.63, 3.8) is 0 Å². The van der Waals surface area contributed by atoms with Gasteiger partial charge in [-0.15, -0.1) is 11.8 Å². The van der Waals surface area contributed by atoms with Crippen molar-refractivity contribution in [3.05, 3.63) is 36.7 Å². The van der Waals surface area contributed by atoms with Crippen LogP contribution >= 0.6 is 11.8 Å². The molecule has 5 heteroatoms. The first-order valence-corrected chi connectivity index (χ1v) is 9.73. The lowest BCUT2D eigenvalue weighted by Crippen LogP contribution is -2.28. The van der Waals surface area contributed by atoms with Gasteiger partial charge in [0, 0.05) is 29.2 Å². The molecule has 1 aromatic carbocycles. The molecule has 2 aliphatic rings. The van der Waals surface area contributed by atoms with E-state index in [4.69, 9.17) is 0 Å². The summed E-state index contributed by atoms with van der Waals surface area (Å²) in [5.41, 5.74) is 2.17. The molecule has 0 saturated heterocycles. The van der Waals surface area contributed by atoms with E-state index >= 15 is 0 Å². The molecular weight excluding hydrogens is 318 g/mol. The zero-order valence-corrected chi connectivity index (χ0v) is 14.6. The maximum absolute atomic E-state index is 11.7. The summed E-state index contributed by atoms with van der Waals surface area (Å²) in [4.78, 5) is 17.5. The van der Waals surface area contributed by atoms with Crippen LogP contribution in [-0.4, -0.2) is 27.3 Å². The predicted octanol–water partition coefficient (Wildman–Crippen LogP) is 3.76. The third-order valence-electron chi connectivity index (χ3n) is 4.69. The highest BCUT2D eigenvalue weighted by Gasteiger charge is 2.29. The summed E-state index contributed by atoms with van der Waals surface area (Å²) in [6.07, 6.45) is 12.4. The number of benzene rings is 1. The smallest absolute Gasteiger partial charge is 0.223 e. The van der Waals surface area contributed by atoms with E-state index in [-0.39, 0.29) is 11.8 Å². The molecule has 1 amide bonds. The van der Waals surface area contributed by atoms with Crippen molar-refractivity contribution >= 4 is 28.7 Å². The zero-order valence-electron chi connectivity index (χ0n) is 13.8. The number of amides is 1. The molecule has 0 bridgehead atoms. The molecule has 4 rings (SSSR count). The normalized spacial score (nSPS) is 20.4. The minimum atomic E-state index is 0.208. The van der Waals surface area contributed by atoms with Crippen LogP contribution < -0.4 is 5.32 Å². The number of carbonyl (C=O) groups is 1. The highest BCUT2D eigenvalue weighted by Crippen LogP contribution is 2.32. The third-order valence-corrected chi connectivity index (χ3v) is 5.91. The lowest BCUT2D eigenvalue weighted by Gasteiger charge is -2.15. The van der Waals surface area contributed by atoms with Crippen LogP contribution in [0.15, 0.2) is 41.6 Å². The Hall–Kier alpha value is -1.75. The molecule has 4 nitrogen and oxygen atoms in total. The highest BCUT2D eigenvalue weighted by molar-refractivity contribution is 8.00. The second-order valence-corrected chi connectivity index (χ2v) is 7.98. The van der Waals surface area contributed by atoms with E-state index in [2.05, 4.69) is 45.2 Å². The van der Waals surface area contributed by atoms with Crippen molar-refractivity contribution < 1.29 is 4.79 Å². The number of nitrogens with one attached hydrogen (secondary N) is 1. The van der Waals surface area contributed by atoms with Gasteiger partial charge in [0.05, 0.1) is 17.4 Å². The Morgan fingerprint density at radius 2 is 2.25 bits per heavy atom. The summed E-state index contributed by atoms with van der Waals surface area (Å²) >= 11 is 1.93. The molecule has 2 aliphatic carbocycles. The number of fused-ring (bicyclic) bond motifs is 1. The van der Waals surface area contributed by atoms with Gasteiger partial charge in [0.1, 0.15) is 0 Å². The molecule has 1 aromatic heterocycles. The third kappa shape index (κ3) is 3.66. The molecule has 1 N–H and O–H groups in total. The largest absolute Gasteiger partial charge is 0.354 e. The summed E-state index contributed by atoms with van der Waals surface area (Å²) in [6.45, 7) is 1.44. The number of thioether (sulfide) groups is 1. The minimum Gasteiger partial charge on any atom is -0.354 e. The van der Waals surface area contributed by atoms with Gasteiger partial charge in [0.2, 0.25) is 5.91 Å². The number of nitrogens with zero attached hydrogens (tertiary/aromatic N) is 2. The van der Waals surface area contributed by atoms with E-state index in [0.29, 0.717) is 11.8 Å². The van der Waals surface area contributed by atoms with E-state index < -0.39 is 0 Å². The molecule has 1 fully saturated rings. The number of aromatic nitrogens is 2. The molecule has 2 aromatic rings. The Labute approximate surface area is 146 Å². The standard InChI is InChI=1S/C19H23N3OS/c23-19(14-6-7-14)20-10-11-22-13-21-17-9-8-16(12-18(17)22)24-15-4-2-1-3-5-15/h2,4,8-9,12-15H,1,3,5-7,10-11H2,(H,20,23). The van der Waals surface area contributed by atoms with E-state index in [1.165, 1.54) is 24.2 Å². The first kappa shape index (κ1) is 15.8. The van der Waals surface area contributed by atoms with Crippen LogP contribution in [0, 0.1) is 5.92 Å². The van der Waals surface area contributed by atoms with E-state index in [9.17, 15) is 4.79 Å². The summed E-state index contributed by atoms with van der Waals surface area (Å²) in [5.74, 6) is 0.482. The number of rotatable bonds is 6. The molecule has 1 atom stereocenters. The number of hydrogen-bond acceptors (Lipinski definition) is 3. The van der Waals surface area contributed by atoms with Crippen LogP contribution in [0.1, 0.15) is 32.1 Å². The fourth-order valence-electron chi connectivity index (χ4n) is 3.13. The minimum absolute atomic E-state index is 0.208. The zero-order chi connectivity index (χ0) is 16.4. The highest BCUT2D eigenvalue weighted by atomic mass is 32.2. The topological polar surface area (TPSA) is 46.9 Å². The van der Waals surface area contributed by atoms with E-state index in [0.717, 1.165) is 30.4 Å². The Kier molecular flexibility index (Phi) is 4.60. The number of carbonyl (C=O) groups excluding carboxylic acids is 1. The van der Waals surface area contributed by atoms with Gasteiger partial charge in [-0.3, -0.25) is 4.79 Å². The number of imidazole rings is 1. The average Bonchev–Trinajstić information content (AvgIpc) is 3.38. The van der Waals surface area contributed by atoms with Gasteiger partial charge >= 0.3 is 0 Å². The van der Waals surface area contributed by atoms with Gasteiger partial charge in [0.15, 0.2) is 0 Å². The first-order chi connectivity index (χ1) is 11.8. The molecule has 0 spiro atoms. The second-order valence-electron chi connectivity index (χ2n) is 6.67. The van der Waals surface area contributed by atoms with Crippen LogP contribution in [0.3, 0.4) is 0 Å². The fraction of sp³-hybridized carbons (Fsp3) is 0.474. The molecule has 126 valence electrons. The van der Waals surface area contributed by atoms with Crippen molar-refractivity contribution in [2.45, 2.75) is 48.8 Å². The average molecular weight is 341 g/mol. The van der Waals surface area contributed by atoms with Crippen molar-refractivity contribution in [1.82, 2.24) is 14.9 Å².